The molecule has 1 aromatic heterocycles. The quantitative estimate of drug-likeness (QED) is 0.831. The third-order valence-corrected chi connectivity index (χ3v) is 2.83. The van der Waals surface area contributed by atoms with Crippen molar-refractivity contribution in [1.82, 2.24) is 9.55 Å². The molecule has 0 aliphatic carbocycles. The summed E-state index contributed by atoms with van der Waals surface area (Å²) in [6, 6.07) is 3.77. The number of aromatic hydroxyl groups is 1. The van der Waals surface area contributed by atoms with Crippen LogP contribution in [0.2, 0.25) is 0 Å². The van der Waals surface area contributed by atoms with Crippen molar-refractivity contribution in [2.45, 2.75) is 0 Å². The van der Waals surface area contributed by atoms with E-state index in [1.54, 1.807) is 4.98 Å². The van der Waals surface area contributed by atoms with E-state index in [1.165, 1.54) is 12.1 Å². The maximum Gasteiger partial charge on any atom is 0.336 e. The van der Waals surface area contributed by atoms with Crippen LogP contribution < -0.4 is 11.2 Å². The number of aromatic amines is 1. The fourth-order valence-corrected chi connectivity index (χ4v) is 1.93. The summed E-state index contributed by atoms with van der Waals surface area (Å²) in [6.07, 6.45) is 0. The van der Waals surface area contributed by atoms with Gasteiger partial charge in [-0.3, -0.25) is 9.78 Å². The van der Waals surface area contributed by atoms with E-state index in [2.05, 4.69) is 15.9 Å². The Kier molecular flexibility index (Phi) is 3.04. The van der Waals surface area contributed by atoms with Crippen LogP contribution in [0, 0.1) is 11.6 Å². The van der Waals surface area contributed by atoms with Gasteiger partial charge in [-0.15, -0.1) is 0 Å². The molecule has 2 aromatic rings. The van der Waals surface area contributed by atoms with Gasteiger partial charge in [0.2, 0.25) is 11.7 Å². The smallest absolute Gasteiger partial charge is 0.336 e. The van der Waals surface area contributed by atoms with Crippen molar-refractivity contribution in [3.63, 3.8) is 0 Å². The monoisotopic (exact) mass is 318 g/mol. The lowest BCUT2D eigenvalue weighted by Gasteiger charge is -2.10. The zero-order valence-electron chi connectivity index (χ0n) is 8.58. The minimum atomic E-state index is -1.57. The van der Waals surface area contributed by atoms with Crippen LogP contribution in [0.3, 0.4) is 0 Å². The molecule has 0 saturated carbocycles. The summed E-state index contributed by atoms with van der Waals surface area (Å²) in [6.45, 7) is 0. The molecule has 94 valence electrons. The first-order valence-electron chi connectivity index (χ1n) is 4.61. The van der Waals surface area contributed by atoms with Gasteiger partial charge in [-0.1, -0.05) is 6.07 Å². The number of nitrogens with one attached hydrogen (secondary N) is 1. The summed E-state index contributed by atoms with van der Waals surface area (Å²) >= 11 is 2.97. The molecule has 0 unspecified atom stereocenters. The van der Waals surface area contributed by atoms with Gasteiger partial charge in [0.1, 0.15) is 11.5 Å². The van der Waals surface area contributed by atoms with Crippen LogP contribution in [0.25, 0.3) is 5.69 Å². The standard InChI is InChI=1S/C10H5BrF2N2O3/c11-4-2-1-3-5(12)7(4)15-9(17)6(13)8(16)14-10(15)18/h1-3,17H,(H,14,16,18). The number of para-hydroxylation sites is 1. The van der Waals surface area contributed by atoms with Gasteiger partial charge in [0.05, 0.1) is 0 Å². The Balaban J connectivity index is 2.93. The number of H-pyrrole nitrogens is 1. The first kappa shape index (κ1) is 12.5. The number of benzene rings is 1. The van der Waals surface area contributed by atoms with Crippen molar-refractivity contribution >= 4 is 15.9 Å². The summed E-state index contributed by atoms with van der Waals surface area (Å²) in [5.74, 6) is -3.69. The molecule has 5 nitrogen and oxygen atoms in total. The highest BCUT2D eigenvalue weighted by molar-refractivity contribution is 9.10. The second-order valence-corrected chi connectivity index (χ2v) is 4.16. The van der Waals surface area contributed by atoms with Crippen LogP contribution in [0.5, 0.6) is 5.88 Å². The largest absolute Gasteiger partial charge is 0.492 e. The molecule has 0 atom stereocenters. The Labute approximate surface area is 106 Å². The van der Waals surface area contributed by atoms with Crippen molar-refractivity contribution in [2.24, 2.45) is 0 Å². The fourth-order valence-electron chi connectivity index (χ4n) is 1.41. The van der Waals surface area contributed by atoms with Crippen molar-refractivity contribution in [3.8, 4) is 11.6 Å². The maximum atomic E-state index is 13.6. The molecule has 18 heavy (non-hydrogen) atoms. The Bertz CT molecular complexity index is 719. The Morgan fingerprint density at radius 1 is 1.28 bits per heavy atom. The van der Waals surface area contributed by atoms with Gasteiger partial charge in [0.15, 0.2) is 0 Å². The van der Waals surface area contributed by atoms with Gasteiger partial charge >= 0.3 is 5.69 Å². The summed E-state index contributed by atoms with van der Waals surface area (Å²) < 4.78 is 27.3. The molecule has 0 saturated heterocycles. The van der Waals surface area contributed by atoms with Crippen molar-refractivity contribution in [2.75, 3.05) is 0 Å². The topological polar surface area (TPSA) is 75.1 Å². The predicted molar refractivity (Wildman–Crippen MR) is 61.9 cm³/mol. The molecular formula is C10H5BrF2N2O3. The zero-order chi connectivity index (χ0) is 13.4. The van der Waals surface area contributed by atoms with Crippen LogP contribution >= 0.6 is 15.9 Å². The van der Waals surface area contributed by atoms with Crippen molar-refractivity contribution in [3.05, 3.63) is 55.1 Å². The van der Waals surface area contributed by atoms with Gasteiger partial charge in [-0.05, 0) is 28.1 Å². The molecule has 8 heteroatoms. The average Bonchev–Trinajstić information content (AvgIpc) is 2.30. The Morgan fingerprint density at radius 2 is 1.94 bits per heavy atom. The molecular weight excluding hydrogens is 314 g/mol. The first-order valence-corrected chi connectivity index (χ1v) is 5.41. The lowest BCUT2D eigenvalue weighted by molar-refractivity contribution is 0.383. The van der Waals surface area contributed by atoms with E-state index in [-0.39, 0.29) is 4.47 Å². The summed E-state index contributed by atoms with van der Waals surface area (Å²) in [7, 11) is 0. The zero-order valence-corrected chi connectivity index (χ0v) is 10.2. The number of aromatic nitrogens is 2. The molecule has 0 spiro atoms. The summed E-state index contributed by atoms with van der Waals surface area (Å²) in [5, 5.41) is 9.44. The van der Waals surface area contributed by atoms with Gasteiger partial charge < -0.3 is 5.11 Å². The Hall–Kier alpha value is -1.96. The van der Waals surface area contributed by atoms with E-state index in [0.717, 1.165) is 6.07 Å². The van der Waals surface area contributed by atoms with E-state index >= 15 is 0 Å². The molecule has 2 rings (SSSR count). The molecule has 2 N–H and O–H groups in total. The van der Waals surface area contributed by atoms with E-state index in [9.17, 15) is 23.5 Å². The molecule has 1 aromatic carbocycles. The third-order valence-electron chi connectivity index (χ3n) is 2.19. The van der Waals surface area contributed by atoms with Crippen LogP contribution in [0.15, 0.2) is 32.3 Å². The first-order chi connectivity index (χ1) is 8.43. The number of rotatable bonds is 1. The normalized spacial score (nSPS) is 10.6. The number of hydrogen-bond acceptors (Lipinski definition) is 3. The van der Waals surface area contributed by atoms with E-state index in [1.807, 2.05) is 0 Å². The highest BCUT2D eigenvalue weighted by Crippen LogP contribution is 2.25. The SMILES string of the molecule is O=c1[nH]c(=O)n(-c2c(F)cccc2Br)c(O)c1F. The molecule has 1 heterocycles. The molecule has 0 radical (unpaired) electrons. The second-order valence-electron chi connectivity index (χ2n) is 3.30. The van der Waals surface area contributed by atoms with E-state index < -0.39 is 34.5 Å². The maximum absolute atomic E-state index is 13.6. The van der Waals surface area contributed by atoms with Crippen molar-refractivity contribution in [1.29, 1.82) is 0 Å². The van der Waals surface area contributed by atoms with E-state index in [4.69, 9.17) is 0 Å². The van der Waals surface area contributed by atoms with Crippen LogP contribution in [0.4, 0.5) is 8.78 Å². The van der Waals surface area contributed by atoms with Crippen LogP contribution in [-0.2, 0) is 0 Å². The lowest BCUT2D eigenvalue weighted by Crippen LogP contribution is -2.31. The minimum Gasteiger partial charge on any atom is -0.492 e. The summed E-state index contributed by atoms with van der Waals surface area (Å²) in [5.41, 5.74) is -2.92. The van der Waals surface area contributed by atoms with Crippen LogP contribution in [-0.4, -0.2) is 14.7 Å². The van der Waals surface area contributed by atoms with Crippen LogP contribution in [0.1, 0.15) is 0 Å². The van der Waals surface area contributed by atoms with Gasteiger partial charge in [-0.2, -0.15) is 4.39 Å². The summed E-state index contributed by atoms with van der Waals surface area (Å²) in [4.78, 5) is 24.0. The molecule has 0 aliphatic rings. The van der Waals surface area contributed by atoms with Gasteiger partial charge in [-0.25, -0.2) is 13.8 Å². The molecule has 0 fully saturated rings. The van der Waals surface area contributed by atoms with E-state index in [0.29, 0.717) is 4.57 Å². The molecule has 0 aliphatic heterocycles. The van der Waals surface area contributed by atoms with Gasteiger partial charge in [0.25, 0.3) is 5.56 Å². The number of halogens is 3. The molecule has 0 bridgehead atoms. The highest BCUT2D eigenvalue weighted by atomic mass is 79.9. The van der Waals surface area contributed by atoms with Gasteiger partial charge in [0, 0.05) is 4.47 Å². The van der Waals surface area contributed by atoms with Crippen molar-refractivity contribution < 1.29 is 13.9 Å². The predicted octanol–water partition coefficient (Wildman–Crippen LogP) is 1.27. The number of nitrogens with zero attached hydrogens (tertiary/aromatic N) is 1. The third kappa shape index (κ3) is 1.84. The molecule has 0 amide bonds. The number of hydrogen-bond donors (Lipinski definition) is 2. The fraction of sp³-hybridized carbons (Fsp3) is 0. The Morgan fingerprint density at radius 3 is 2.56 bits per heavy atom. The highest BCUT2D eigenvalue weighted by Gasteiger charge is 2.19. The lowest BCUT2D eigenvalue weighted by atomic mass is 10.3. The second kappa shape index (κ2) is 4.37. The minimum absolute atomic E-state index is 0.117. The average molecular weight is 319 g/mol.